The van der Waals surface area contributed by atoms with Crippen molar-refractivity contribution in [2.75, 3.05) is 19.5 Å². The molecule has 1 aromatic heterocycles. The van der Waals surface area contributed by atoms with E-state index >= 15 is 0 Å². The zero-order valence-corrected chi connectivity index (χ0v) is 14.8. The molecule has 0 unspecified atom stereocenters. The highest BCUT2D eigenvalue weighted by Crippen LogP contribution is 2.30. The van der Waals surface area contributed by atoms with Crippen LogP contribution in [0.4, 0.5) is 5.69 Å². The number of fused-ring (bicyclic) bond motifs is 1. The van der Waals surface area contributed by atoms with Gasteiger partial charge in [0, 0.05) is 29.8 Å². The Balaban J connectivity index is 1.94. The van der Waals surface area contributed by atoms with Crippen LogP contribution in [0.5, 0.6) is 11.5 Å². The van der Waals surface area contributed by atoms with Crippen molar-refractivity contribution in [2.45, 2.75) is 20.4 Å². The summed E-state index contributed by atoms with van der Waals surface area (Å²) < 4.78 is 16.0. The van der Waals surface area contributed by atoms with Crippen molar-refractivity contribution in [1.82, 2.24) is 0 Å². The van der Waals surface area contributed by atoms with Crippen LogP contribution in [0.3, 0.4) is 0 Å². The van der Waals surface area contributed by atoms with Gasteiger partial charge in [-0.1, -0.05) is 12.1 Å². The van der Waals surface area contributed by atoms with E-state index in [1.165, 1.54) is 6.07 Å². The van der Waals surface area contributed by atoms with Gasteiger partial charge in [-0.25, -0.2) is 4.79 Å². The molecule has 5 heteroatoms. The van der Waals surface area contributed by atoms with Gasteiger partial charge in [-0.05, 0) is 42.7 Å². The summed E-state index contributed by atoms with van der Waals surface area (Å²) in [6.45, 7) is 4.47. The maximum atomic E-state index is 11.9. The lowest BCUT2D eigenvalue weighted by Gasteiger charge is -2.13. The van der Waals surface area contributed by atoms with Crippen molar-refractivity contribution < 1.29 is 13.9 Å². The van der Waals surface area contributed by atoms with Gasteiger partial charge in [0.25, 0.3) is 0 Å². The maximum Gasteiger partial charge on any atom is 0.336 e. The minimum absolute atomic E-state index is 0.342. The third-order valence-corrected chi connectivity index (χ3v) is 4.38. The number of benzene rings is 2. The zero-order valence-electron chi connectivity index (χ0n) is 14.8. The molecule has 130 valence electrons. The number of hydrogen-bond donors (Lipinski definition) is 1. The SMILES string of the molecule is COc1ccc(NCc2cc(=O)oc3c(C)c(C)ccc23)cc1OC. The second-order valence-electron chi connectivity index (χ2n) is 5.90. The van der Waals surface area contributed by atoms with E-state index in [-0.39, 0.29) is 5.63 Å². The lowest BCUT2D eigenvalue weighted by molar-refractivity contribution is 0.355. The Morgan fingerprint density at radius 2 is 1.76 bits per heavy atom. The van der Waals surface area contributed by atoms with Gasteiger partial charge < -0.3 is 19.2 Å². The molecule has 0 bridgehead atoms. The minimum atomic E-state index is -0.342. The van der Waals surface area contributed by atoms with E-state index in [1.54, 1.807) is 14.2 Å². The normalized spacial score (nSPS) is 10.7. The van der Waals surface area contributed by atoms with Gasteiger partial charge >= 0.3 is 5.63 Å². The van der Waals surface area contributed by atoms with Crippen LogP contribution in [0.1, 0.15) is 16.7 Å². The summed E-state index contributed by atoms with van der Waals surface area (Å²) in [6.07, 6.45) is 0. The van der Waals surface area contributed by atoms with E-state index in [0.29, 0.717) is 23.6 Å². The fourth-order valence-corrected chi connectivity index (χ4v) is 2.81. The molecule has 0 fully saturated rings. The monoisotopic (exact) mass is 339 g/mol. The number of nitrogens with one attached hydrogen (secondary N) is 1. The van der Waals surface area contributed by atoms with E-state index in [0.717, 1.165) is 27.8 Å². The highest BCUT2D eigenvalue weighted by atomic mass is 16.5. The minimum Gasteiger partial charge on any atom is -0.493 e. The molecule has 0 saturated carbocycles. The standard InChI is InChI=1S/C20H21NO4/c1-12-5-7-16-14(9-19(22)25-20(16)13(12)2)11-21-15-6-8-17(23-3)18(10-15)24-4/h5-10,21H,11H2,1-4H3. The van der Waals surface area contributed by atoms with Crippen molar-refractivity contribution in [3.8, 4) is 11.5 Å². The molecular weight excluding hydrogens is 318 g/mol. The molecule has 0 aliphatic carbocycles. The fourth-order valence-electron chi connectivity index (χ4n) is 2.81. The summed E-state index contributed by atoms with van der Waals surface area (Å²) in [6, 6.07) is 11.2. The van der Waals surface area contributed by atoms with Crippen molar-refractivity contribution in [1.29, 1.82) is 0 Å². The maximum absolute atomic E-state index is 11.9. The van der Waals surface area contributed by atoms with Crippen LogP contribution in [0, 0.1) is 13.8 Å². The summed E-state index contributed by atoms with van der Waals surface area (Å²) in [7, 11) is 3.20. The average molecular weight is 339 g/mol. The number of anilines is 1. The second-order valence-corrected chi connectivity index (χ2v) is 5.90. The van der Waals surface area contributed by atoms with Gasteiger partial charge in [-0.2, -0.15) is 0 Å². The summed E-state index contributed by atoms with van der Waals surface area (Å²) in [5.74, 6) is 1.32. The Hall–Kier alpha value is -2.95. The summed E-state index contributed by atoms with van der Waals surface area (Å²) in [4.78, 5) is 11.9. The van der Waals surface area contributed by atoms with Crippen LogP contribution in [-0.4, -0.2) is 14.2 Å². The first-order valence-electron chi connectivity index (χ1n) is 8.02. The Morgan fingerprint density at radius 1 is 1.00 bits per heavy atom. The Labute approximate surface area is 146 Å². The molecule has 0 saturated heterocycles. The first kappa shape index (κ1) is 16.9. The Kier molecular flexibility index (Phi) is 4.65. The third kappa shape index (κ3) is 3.31. The lowest BCUT2D eigenvalue weighted by Crippen LogP contribution is -2.07. The Bertz CT molecular complexity index is 975. The molecule has 0 aliphatic rings. The molecule has 0 amide bonds. The molecule has 1 N–H and O–H groups in total. The van der Waals surface area contributed by atoms with E-state index in [1.807, 2.05) is 44.2 Å². The average Bonchev–Trinajstić information content (AvgIpc) is 2.62. The van der Waals surface area contributed by atoms with Crippen LogP contribution in [0.2, 0.25) is 0 Å². The van der Waals surface area contributed by atoms with E-state index in [2.05, 4.69) is 5.32 Å². The molecule has 3 rings (SSSR count). The van der Waals surface area contributed by atoms with Crippen LogP contribution in [0.25, 0.3) is 11.0 Å². The van der Waals surface area contributed by atoms with Crippen molar-refractivity contribution >= 4 is 16.7 Å². The molecule has 0 atom stereocenters. The highest BCUT2D eigenvalue weighted by Gasteiger charge is 2.10. The number of methoxy groups -OCH3 is 2. The molecule has 1 heterocycles. The van der Waals surface area contributed by atoms with Gasteiger partial charge in [-0.3, -0.25) is 0 Å². The molecule has 0 aliphatic heterocycles. The number of aryl methyl sites for hydroxylation is 2. The summed E-state index contributed by atoms with van der Waals surface area (Å²) in [5, 5.41) is 4.26. The first-order chi connectivity index (χ1) is 12.0. The predicted molar refractivity (Wildman–Crippen MR) is 98.8 cm³/mol. The molecule has 2 aromatic carbocycles. The smallest absolute Gasteiger partial charge is 0.336 e. The molecule has 25 heavy (non-hydrogen) atoms. The molecule has 5 nitrogen and oxygen atoms in total. The number of rotatable bonds is 5. The third-order valence-electron chi connectivity index (χ3n) is 4.38. The van der Waals surface area contributed by atoms with Gasteiger partial charge in [0.15, 0.2) is 11.5 Å². The topological polar surface area (TPSA) is 60.7 Å². The van der Waals surface area contributed by atoms with Crippen LogP contribution in [-0.2, 0) is 6.54 Å². The van der Waals surface area contributed by atoms with Gasteiger partial charge in [0.1, 0.15) is 5.58 Å². The largest absolute Gasteiger partial charge is 0.493 e. The summed E-state index contributed by atoms with van der Waals surface area (Å²) in [5.41, 5.74) is 4.16. The van der Waals surface area contributed by atoms with Crippen LogP contribution < -0.4 is 20.4 Å². The van der Waals surface area contributed by atoms with Gasteiger partial charge in [-0.15, -0.1) is 0 Å². The van der Waals surface area contributed by atoms with E-state index in [4.69, 9.17) is 13.9 Å². The molecule has 3 aromatic rings. The summed E-state index contributed by atoms with van der Waals surface area (Å²) >= 11 is 0. The highest BCUT2D eigenvalue weighted by molar-refractivity contribution is 5.84. The quantitative estimate of drug-likeness (QED) is 0.711. The van der Waals surface area contributed by atoms with Crippen LogP contribution in [0.15, 0.2) is 45.6 Å². The number of ether oxygens (including phenoxy) is 2. The Morgan fingerprint density at radius 3 is 2.48 bits per heavy atom. The predicted octanol–water partition coefficient (Wildman–Crippen LogP) is 4.04. The van der Waals surface area contributed by atoms with Crippen LogP contribution >= 0.6 is 0 Å². The zero-order chi connectivity index (χ0) is 18.0. The fraction of sp³-hybridized carbons (Fsp3) is 0.250. The van der Waals surface area contributed by atoms with E-state index < -0.39 is 0 Å². The molecular formula is C20H21NO4. The van der Waals surface area contributed by atoms with Crippen molar-refractivity contribution in [2.24, 2.45) is 0 Å². The lowest BCUT2D eigenvalue weighted by atomic mass is 10.0. The number of hydrogen-bond acceptors (Lipinski definition) is 5. The van der Waals surface area contributed by atoms with Gasteiger partial charge in [0.2, 0.25) is 0 Å². The second kappa shape index (κ2) is 6.89. The first-order valence-corrected chi connectivity index (χ1v) is 8.02. The van der Waals surface area contributed by atoms with Crippen molar-refractivity contribution in [3.63, 3.8) is 0 Å². The molecule has 0 radical (unpaired) electrons. The molecule has 0 spiro atoms. The van der Waals surface area contributed by atoms with Gasteiger partial charge in [0.05, 0.1) is 14.2 Å². The van der Waals surface area contributed by atoms with E-state index in [9.17, 15) is 4.79 Å². The van der Waals surface area contributed by atoms with Crippen molar-refractivity contribution in [3.05, 3.63) is 63.5 Å².